The largest absolute Gasteiger partial charge is 0.384 e. The number of rotatable bonds is 7. The normalized spacial score (nSPS) is 10.4. The van der Waals surface area contributed by atoms with Gasteiger partial charge < -0.3 is 10.6 Å². The summed E-state index contributed by atoms with van der Waals surface area (Å²) in [7, 11) is 0. The van der Waals surface area contributed by atoms with Gasteiger partial charge in [0.2, 0.25) is 0 Å². The molecule has 0 saturated heterocycles. The Kier molecular flexibility index (Phi) is 7.46. The van der Waals surface area contributed by atoms with Crippen molar-refractivity contribution < 1.29 is 4.79 Å². The first-order chi connectivity index (χ1) is 15.3. The van der Waals surface area contributed by atoms with Crippen LogP contribution >= 0.6 is 0 Å². The van der Waals surface area contributed by atoms with E-state index in [-0.39, 0.29) is 17.5 Å². The Bertz CT molecular complexity index is 1170. The van der Waals surface area contributed by atoms with Crippen molar-refractivity contribution in [1.29, 1.82) is 5.41 Å². The number of carbonyl (C=O) groups is 1. The van der Waals surface area contributed by atoms with Crippen LogP contribution in [0.1, 0.15) is 46.5 Å². The zero-order valence-electron chi connectivity index (χ0n) is 18.9. The molecule has 0 heterocycles. The Morgan fingerprint density at radius 2 is 1.78 bits per heavy atom. The van der Waals surface area contributed by atoms with Crippen molar-refractivity contribution in [2.45, 2.75) is 27.3 Å². The van der Waals surface area contributed by atoms with E-state index in [1.807, 2.05) is 81.4 Å². The zero-order valence-corrected chi connectivity index (χ0v) is 18.9. The lowest BCUT2D eigenvalue weighted by Crippen LogP contribution is -2.23. The molecule has 0 aliphatic carbocycles. The first-order valence-electron chi connectivity index (χ1n) is 10.7. The predicted molar refractivity (Wildman–Crippen MR) is 132 cm³/mol. The van der Waals surface area contributed by atoms with Crippen molar-refractivity contribution in [2.75, 3.05) is 11.4 Å². The second-order valence-electron chi connectivity index (χ2n) is 8.16. The summed E-state index contributed by atoms with van der Waals surface area (Å²) in [4.78, 5) is 14.5. The van der Waals surface area contributed by atoms with E-state index in [4.69, 9.17) is 11.1 Å². The molecule has 162 valence electrons. The minimum atomic E-state index is -0.0251. The van der Waals surface area contributed by atoms with Crippen molar-refractivity contribution in [3.05, 3.63) is 101 Å². The molecule has 0 radical (unpaired) electrons. The summed E-state index contributed by atoms with van der Waals surface area (Å²) in [6, 6.07) is 23.6. The van der Waals surface area contributed by atoms with Crippen molar-refractivity contribution in [2.24, 2.45) is 11.7 Å². The van der Waals surface area contributed by atoms with E-state index < -0.39 is 0 Å². The molecule has 4 nitrogen and oxygen atoms in total. The molecule has 0 aliphatic heterocycles. The topological polar surface area (TPSA) is 70.2 Å². The number of benzene rings is 3. The second kappa shape index (κ2) is 10.5. The Labute approximate surface area is 190 Å². The quantitative estimate of drug-likeness (QED) is 0.238. The van der Waals surface area contributed by atoms with Crippen LogP contribution in [0, 0.1) is 30.1 Å². The maximum absolute atomic E-state index is 12.3. The molecule has 0 atom stereocenters. The number of carbonyl (C=O) groups excluding carboxylic acids is 1. The lowest BCUT2D eigenvalue weighted by molar-refractivity contribution is 0.0939. The highest BCUT2D eigenvalue weighted by Crippen LogP contribution is 2.19. The predicted octanol–water partition coefficient (Wildman–Crippen LogP) is 5.18. The first-order valence-corrected chi connectivity index (χ1v) is 10.7. The summed E-state index contributed by atoms with van der Waals surface area (Å²) >= 11 is 0. The number of nitrogens with two attached hydrogens (primary N) is 1. The van der Waals surface area contributed by atoms with E-state index in [1.54, 1.807) is 0 Å². The maximum atomic E-state index is 12.3. The Morgan fingerprint density at radius 3 is 2.44 bits per heavy atom. The molecule has 0 aliphatic rings. The van der Waals surface area contributed by atoms with Crippen LogP contribution in [0.3, 0.4) is 0 Å². The van der Waals surface area contributed by atoms with Crippen LogP contribution in [0.25, 0.3) is 0 Å². The lowest BCUT2D eigenvalue weighted by atomic mass is 9.96. The van der Waals surface area contributed by atoms with E-state index in [2.05, 4.69) is 28.9 Å². The van der Waals surface area contributed by atoms with Crippen molar-refractivity contribution >= 4 is 17.3 Å². The number of Topliss-reactive ketones (excluding diaryl/α,β-unsaturated/α-hetero) is 1. The molecule has 3 aromatic rings. The Hall–Kier alpha value is -3.84. The molecule has 0 aromatic heterocycles. The number of aryl methyl sites for hydroxylation is 1. The van der Waals surface area contributed by atoms with Crippen LogP contribution in [0.5, 0.6) is 0 Å². The molecule has 0 unspecified atom stereocenters. The summed E-state index contributed by atoms with van der Waals surface area (Å²) < 4.78 is 0. The van der Waals surface area contributed by atoms with E-state index in [0.717, 1.165) is 22.4 Å². The molecule has 3 aromatic carbocycles. The number of nitrogen functional groups attached to an aromatic ring is 1. The highest BCUT2D eigenvalue weighted by molar-refractivity contribution is 5.98. The minimum Gasteiger partial charge on any atom is -0.384 e. The van der Waals surface area contributed by atoms with Gasteiger partial charge in [-0.05, 0) is 48.4 Å². The van der Waals surface area contributed by atoms with Crippen molar-refractivity contribution in [1.82, 2.24) is 0 Å². The van der Waals surface area contributed by atoms with Crippen LogP contribution in [-0.4, -0.2) is 18.2 Å². The first kappa shape index (κ1) is 22.8. The van der Waals surface area contributed by atoms with Crippen molar-refractivity contribution in [3.8, 4) is 11.8 Å². The fourth-order valence-corrected chi connectivity index (χ4v) is 3.48. The molecule has 32 heavy (non-hydrogen) atoms. The molecule has 0 saturated carbocycles. The minimum absolute atomic E-state index is 0.0251. The van der Waals surface area contributed by atoms with Gasteiger partial charge in [-0.2, -0.15) is 0 Å². The van der Waals surface area contributed by atoms with Gasteiger partial charge in [-0.1, -0.05) is 68.2 Å². The molecular formula is C28H29N3O. The number of ketones is 1. The van der Waals surface area contributed by atoms with Gasteiger partial charge in [0.15, 0.2) is 5.78 Å². The van der Waals surface area contributed by atoms with Crippen LogP contribution in [0.4, 0.5) is 5.69 Å². The zero-order chi connectivity index (χ0) is 23.1. The van der Waals surface area contributed by atoms with Gasteiger partial charge in [0.1, 0.15) is 5.84 Å². The van der Waals surface area contributed by atoms with Crippen LogP contribution in [0.15, 0.2) is 72.8 Å². The fourth-order valence-electron chi connectivity index (χ4n) is 3.48. The van der Waals surface area contributed by atoms with Gasteiger partial charge >= 0.3 is 0 Å². The molecule has 0 bridgehead atoms. The number of nitrogens with one attached hydrogen (secondary N) is 1. The third-order valence-electron chi connectivity index (χ3n) is 5.26. The van der Waals surface area contributed by atoms with Crippen molar-refractivity contribution in [3.63, 3.8) is 0 Å². The highest BCUT2D eigenvalue weighted by Gasteiger charge is 2.13. The molecule has 3 N–H and O–H groups in total. The highest BCUT2D eigenvalue weighted by atomic mass is 16.1. The molecule has 0 amide bonds. The smallest absolute Gasteiger partial charge is 0.165 e. The van der Waals surface area contributed by atoms with Gasteiger partial charge in [0.05, 0.1) is 6.54 Å². The summed E-state index contributed by atoms with van der Waals surface area (Å²) in [6.07, 6.45) is 0. The standard InChI is InChI=1S/C28H29N3O/c1-20(2)27(32)26-15-14-22(17-21(26)3)11-8-16-31(19-23-9-5-4-6-10-23)25-13-7-12-24(18-25)28(29)30/h4-7,9-10,12-15,17-18,20H,16,19H2,1-3H3,(H3,29,30). The molecule has 0 fully saturated rings. The Morgan fingerprint density at radius 1 is 1.03 bits per heavy atom. The summed E-state index contributed by atoms with van der Waals surface area (Å²) in [5, 5.41) is 7.75. The van der Waals surface area contributed by atoms with Gasteiger partial charge in [0.25, 0.3) is 0 Å². The van der Waals surface area contributed by atoms with E-state index in [0.29, 0.717) is 18.7 Å². The van der Waals surface area contributed by atoms with Crippen LogP contribution in [0.2, 0.25) is 0 Å². The lowest BCUT2D eigenvalue weighted by Gasteiger charge is -2.23. The number of hydrogen-bond donors (Lipinski definition) is 2. The van der Waals surface area contributed by atoms with Gasteiger partial charge in [-0.25, -0.2) is 0 Å². The summed E-state index contributed by atoms with van der Waals surface area (Å²) in [5.41, 5.74) is 11.1. The summed E-state index contributed by atoms with van der Waals surface area (Å²) in [5.74, 6) is 6.68. The van der Waals surface area contributed by atoms with E-state index in [1.165, 1.54) is 5.56 Å². The van der Waals surface area contributed by atoms with Crippen LogP contribution < -0.4 is 10.6 Å². The Balaban J connectivity index is 1.84. The fraction of sp³-hybridized carbons (Fsp3) is 0.214. The van der Waals surface area contributed by atoms with E-state index >= 15 is 0 Å². The van der Waals surface area contributed by atoms with Gasteiger partial charge in [0, 0.05) is 34.8 Å². The number of hydrogen-bond acceptors (Lipinski definition) is 3. The average molecular weight is 424 g/mol. The molecule has 3 rings (SSSR count). The van der Waals surface area contributed by atoms with E-state index in [9.17, 15) is 4.79 Å². The third kappa shape index (κ3) is 5.86. The molecule has 4 heteroatoms. The monoisotopic (exact) mass is 423 g/mol. The number of amidine groups is 1. The second-order valence-corrected chi connectivity index (χ2v) is 8.16. The number of nitrogens with zero attached hydrogens (tertiary/aromatic N) is 1. The average Bonchev–Trinajstić information content (AvgIpc) is 2.79. The van der Waals surface area contributed by atoms with Gasteiger partial charge in [-0.3, -0.25) is 10.2 Å². The van der Waals surface area contributed by atoms with Gasteiger partial charge in [-0.15, -0.1) is 0 Å². The summed E-state index contributed by atoms with van der Waals surface area (Å²) in [6.45, 7) is 6.99. The molecular weight excluding hydrogens is 394 g/mol. The SMILES string of the molecule is Cc1cc(C#CCN(Cc2ccccc2)c2cccc(C(=N)N)c2)ccc1C(=O)C(C)C. The number of anilines is 1. The third-order valence-corrected chi connectivity index (χ3v) is 5.26. The van der Waals surface area contributed by atoms with Crippen LogP contribution in [-0.2, 0) is 6.54 Å². The maximum Gasteiger partial charge on any atom is 0.165 e. The molecule has 0 spiro atoms.